The third kappa shape index (κ3) is 1.68. The van der Waals surface area contributed by atoms with Gasteiger partial charge >= 0.3 is 0 Å². The molecule has 1 aliphatic rings. The van der Waals surface area contributed by atoms with Gasteiger partial charge in [0, 0.05) is 29.0 Å². The van der Waals surface area contributed by atoms with Crippen molar-refractivity contribution in [2.45, 2.75) is 26.8 Å². The van der Waals surface area contributed by atoms with Crippen LogP contribution < -0.4 is 5.56 Å². The largest absolute Gasteiger partial charge is 0.299 e. The molecule has 0 N–H and O–H groups in total. The molecule has 0 unspecified atom stereocenters. The first kappa shape index (κ1) is 12.5. The van der Waals surface area contributed by atoms with Crippen LogP contribution in [0.25, 0.3) is 15.2 Å². The Morgan fingerprint density at radius 3 is 3.05 bits per heavy atom. The Morgan fingerprint density at radius 2 is 2.25 bits per heavy atom. The van der Waals surface area contributed by atoms with Gasteiger partial charge in [-0.05, 0) is 25.5 Å². The Morgan fingerprint density at radius 1 is 1.40 bits per heavy atom. The van der Waals surface area contributed by atoms with E-state index in [1.54, 1.807) is 27.1 Å². The quantitative estimate of drug-likeness (QED) is 0.693. The van der Waals surface area contributed by atoms with Gasteiger partial charge in [-0.2, -0.15) is 0 Å². The van der Waals surface area contributed by atoms with Gasteiger partial charge in [0.2, 0.25) is 0 Å². The molecule has 3 aromatic rings. The predicted octanol–water partition coefficient (Wildman–Crippen LogP) is 2.66. The monoisotopic (exact) mass is 305 g/mol. The molecule has 0 radical (unpaired) electrons. The number of nitrogens with zero attached hydrogens (tertiary/aromatic N) is 3. The van der Waals surface area contributed by atoms with Gasteiger partial charge < -0.3 is 0 Å². The molecule has 20 heavy (non-hydrogen) atoms. The zero-order chi connectivity index (χ0) is 13.9. The van der Waals surface area contributed by atoms with Crippen LogP contribution in [-0.4, -0.2) is 27.4 Å². The summed E-state index contributed by atoms with van der Waals surface area (Å²) in [4.78, 5) is 24.0. The average Bonchev–Trinajstić information content (AvgIpc) is 2.98. The van der Waals surface area contributed by atoms with Crippen LogP contribution in [0, 0.1) is 6.92 Å². The van der Waals surface area contributed by atoms with Gasteiger partial charge in [0.15, 0.2) is 4.96 Å². The first-order valence-corrected chi connectivity index (χ1v) is 8.46. The molecule has 0 spiro atoms. The summed E-state index contributed by atoms with van der Waals surface area (Å²) in [6.07, 6.45) is 2.94. The Balaban J connectivity index is 2.06. The zero-order valence-electron chi connectivity index (χ0n) is 11.5. The van der Waals surface area contributed by atoms with Gasteiger partial charge in [0.1, 0.15) is 4.83 Å². The van der Waals surface area contributed by atoms with Crippen LogP contribution in [0.4, 0.5) is 0 Å². The van der Waals surface area contributed by atoms with Crippen molar-refractivity contribution in [2.24, 2.45) is 0 Å². The summed E-state index contributed by atoms with van der Waals surface area (Å²) in [6, 6.07) is 0. The number of aryl methyl sites for hydroxylation is 1. The van der Waals surface area contributed by atoms with Gasteiger partial charge in [-0.3, -0.25) is 14.1 Å². The van der Waals surface area contributed by atoms with Crippen LogP contribution in [0.3, 0.4) is 0 Å². The van der Waals surface area contributed by atoms with Crippen LogP contribution in [-0.2, 0) is 13.0 Å². The minimum Gasteiger partial charge on any atom is -0.299 e. The van der Waals surface area contributed by atoms with Crippen molar-refractivity contribution in [3.8, 4) is 0 Å². The lowest BCUT2D eigenvalue weighted by Gasteiger charge is -2.25. The first-order valence-electron chi connectivity index (χ1n) is 6.82. The second-order valence-electron chi connectivity index (χ2n) is 5.21. The van der Waals surface area contributed by atoms with E-state index in [4.69, 9.17) is 4.98 Å². The van der Waals surface area contributed by atoms with Crippen molar-refractivity contribution < 1.29 is 0 Å². The molecule has 0 fully saturated rings. The highest BCUT2D eigenvalue weighted by Crippen LogP contribution is 2.33. The molecule has 4 heterocycles. The number of aromatic nitrogens is 2. The maximum Gasteiger partial charge on any atom is 0.267 e. The fourth-order valence-corrected chi connectivity index (χ4v) is 4.92. The van der Waals surface area contributed by atoms with E-state index in [9.17, 15) is 4.79 Å². The van der Waals surface area contributed by atoms with E-state index in [2.05, 4.69) is 11.8 Å². The van der Waals surface area contributed by atoms with Crippen molar-refractivity contribution in [1.29, 1.82) is 0 Å². The first-order chi connectivity index (χ1) is 9.67. The third-order valence-corrected chi connectivity index (χ3v) is 6.04. The summed E-state index contributed by atoms with van der Waals surface area (Å²) in [5, 5.41) is 0.846. The van der Waals surface area contributed by atoms with Crippen molar-refractivity contribution in [2.75, 3.05) is 13.1 Å². The van der Waals surface area contributed by atoms with Gasteiger partial charge in [0.25, 0.3) is 5.56 Å². The van der Waals surface area contributed by atoms with Gasteiger partial charge in [-0.25, -0.2) is 4.98 Å². The van der Waals surface area contributed by atoms with E-state index in [1.165, 1.54) is 10.4 Å². The summed E-state index contributed by atoms with van der Waals surface area (Å²) in [5.74, 6) is 0. The van der Waals surface area contributed by atoms with E-state index >= 15 is 0 Å². The van der Waals surface area contributed by atoms with Gasteiger partial charge in [-0.1, -0.05) is 6.92 Å². The number of thiophene rings is 1. The van der Waals surface area contributed by atoms with E-state index in [0.717, 1.165) is 46.1 Å². The SMILES string of the molecule is CCN1CCc2sc3nc4sc(C)cn4c(=O)c3c2C1. The highest BCUT2D eigenvalue weighted by molar-refractivity contribution is 7.19. The van der Waals surface area contributed by atoms with E-state index < -0.39 is 0 Å². The second kappa shape index (κ2) is 4.38. The Hall–Kier alpha value is -1.24. The number of rotatable bonds is 1. The highest BCUT2D eigenvalue weighted by atomic mass is 32.1. The third-order valence-electron chi connectivity index (χ3n) is 3.96. The van der Waals surface area contributed by atoms with E-state index in [1.807, 2.05) is 13.1 Å². The molecule has 4 rings (SSSR count). The lowest BCUT2D eigenvalue weighted by atomic mass is 10.1. The van der Waals surface area contributed by atoms with Gasteiger partial charge in [-0.15, -0.1) is 22.7 Å². The molecule has 4 nitrogen and oxygen atoms in total. The zero-order valence-corrected chi connectivity index (χ0v) is 13.1. The summed E-state index contributed by atoms with van der Waals surface area (Å²) >= 11 is 3.29. The summed E-state index contributed by atoms with van der Waals surface area (Å²) in [7, 11) is 0. The molecule has 6 heteroatoms. The molecule has 1 aliphatic heterocycles. The number of hydrogen-bond donors (Lipinski definition) is 0. The number of likely N-dealkylation sites (N-methyl/N-ethyl adjacent to an activating group) is 1. The van der Waals surface area contributed by atoms with Crippen molar-refractivity contribution >= 4 is 37.9 Å². The molecule has 0 amide bonds. The molecule has 104 valence electrons. The molecule has 0 aliphatic carbocycles. The summed E-state index contributed by atoms with van der Waals surface area (Å²) in [5.41, 5.74) is 1.32. The molecule has 0 saturated carbocycles. The summed E-state index contributed by atoms with van der Waals surface area (Å²) in [6.45, 7) is 7.20. The van der Waals surface area contributed by atoms with Crippen LogP contribution in [0.15, 0.2) is 11.0 Å². The minimum absolute atomic E-state index is 0.102. The van der Waals surface area contributed by atoms with Crippen LogP contribution in [0.5, 0.6) is 0 Å². The fourth-order valence-electron chi connectivity index (χ4n) is 2.88. The standard InChI is InChI=1S/C14H15N3OS2/c1-3-16-5-4-10-9(7-16)11-12(20-10)15-14-17(13(11)18)6-8(2)19-14/h6H,3-5,7H2,1-2H3. The van der Waals surface area contributed by atoms with Crippen molar-refractivity contribution in [1.82, 2.24) is 14.3 Å². The molecular weight excluding hydrogens is 290 g/mol. The number of hydrogen-bond acceptors (Lipinski definition) is 5. The molecule has 0 saturated heterocycles. The normalized spacial score (nSPS) is 16.1. The minimum atomic E-state index is 0.102. The molecular formula is C14H15N3OS2. The lowest BCUT2D eigenvalue weighted by molar-refractivity contribution is 0.271. The molecule has 0 aromatic carbocycles. The average molecular weight is 305 g/mol. The lowest BCUT2D eigenvalue weighted by Crippen LogP contribution is -2.30. The van der Waals surface area contributed by atoms with E-state index in [-0.39, 0.29) is 5.56 Å². The fraction of sp³-hybridized carbons (Fsp3) is 0.429. The molecule has 0 bridgehead atoms. The molecule has 0 atom stereocenters. The van der Waals surface area contributed by atoms with Gasteiger partial charge in [0.05, 0.1) is 5.39 Å². The maximum absolute atomic E-state index is 12.7. The highest BCUT2D eigenvalue weighted by Gasteiger charge is 2.23. The predicted molar refractivity (Wildman–Crippen MR) is 84.1 cm³/mol. The second-order valence-corrected chi connectivity index (χ2v) is 7.51. The van der Waals surface area contributed by atoms with Crippen LogP contribution >= 0.6 is 22.7 Å². The van der Waals surface area contributed by atoms with Crippen molar-refractivity contribution in [3.05, 3.63) is 31.9 Å². The maximum atomic E-state index is 12.7. The number of thiazole rings is 1. The topological polar surface area (TPSA) is 37.6 Å². The Labute approximate surface area is 124 Å². The van der Waals surface area contributed by atoms with Crippen LogP contribution in [0.1, 0.15) is 22.2 Å². The summed E-state index contributed by atoms with van der Waals surface area (Å²) < 4.78 is 1.71. The van der Waals surface area contributed by atoms with Crippen LogP contribution in [0.2, 0.25) is 0 Å². The van der Waals surface area contributed by atoms with E-state index in [0.29, 0.717) is 0 Å². The number of fused-ring (bicyclic) bond motifs is 4. The van der Waals surface area contributed by atoms with Crippen molar-refractivity contribution in [3.63, 3.8) is 0 Å². The Bertz CT molecular complexity index is 874. The molecule has 3 aromatic heterocycles. The Kier molecular flexibility index (Phi) is 2.73. The smallest absolute Gasteiger partial charge is 0.267 e.